The molecule has 1 spiro atoms. The first-order valence-corrected chi connectivity index (χ1v) is 13.7. The molecule has 0 radical (unpaired) electrons. The van der Waals surface area contributed by atoms with E-state index in [1.54, 1.807) is 6.20 Å². The zero-order valence-corrected chi connectivity index (χ0v) is 21.0. The number of H-pyrrole nitrogens is 1. The van der Waals surface area contributed by atoms with Crippen LogP contribution in [0, 0.1) is 0 Å². The number of nitrogens with one attached hydrogen (secondary N) is 2. The molecular weight excluding hydrogens is 493 g/mol. The maximum Gasteiger partial charge on any atom is 0.493 e. The lowest BCUT2D eigenvalue weighted by atomic mass is 9.76. The zero-order chi connectivity index (χ0) is 23.1. The second-order valence-corrected chi connectivity index (χ2v) is 12.5. The highest BCUT2D eigenvalue weighted by molar-refractivity contribution is 7.90. The van der Waals surface area contributed by atoms with Gasteiger partial charge in [0, 0.05) is 56.5 Å². The van der Waals surface area contributed by atoms with E-state index in [0.29, 0.717) is 37.9 Å². The Balaban J connectivity index is 0.00000306. The molecule has 2 aromatic heterocycles. The van der Waals surface area contributed by atoms with Crippen molar-refractivity contribution in [2.75, 3.05) is 51.8 Å². The number of hydrogen-bond acceptors (Lipinski definition) is 8. The smallest absolute Gasteiger partial charge is 0.423 e. The number of rotatable bonds is 8. The summed E-state index contributed by atoms with van der Waals surface area (Å²) in [5.41, 5.74) is 1.78. The lowest BCUT2D eigenvalue weighted by Crippen LogP contribution is -2.46. The first kappa shape index (κ1) is 26.4. The van der Waals surface area contributed by atoms with Gasteiger partial charge in [-0.25, -0.2) is 30.8 Å². The van der Waals surface area contributed by atoms with Crippen molar-refractivity contribution in [3.05, 3.63) is 24.0 Å². The molecule has 0 atom stereocenters. The van der Waals surface area contributed by atoms with Gasteiger partial charge in [-0.3, -0.25) is 0 Å². The molecule has 1 fully saturated rings. The van der Waals surface area contributed by atoms with Crippen LogP contribution in [0.2, 0.25) is 0 Å². The number of aromatic amines is 1. The summed E-state index contributed by atoms with van der Waals surface area (Å²) in [6, 6.07) is 1.94. The standard InChI is InChI=1S/C18H28BN5O6S2.ClH/c1-20-31(26,27)11-9-23(2)32(28,29)12-10-24-7-4-18(5-8-24)16-14-3-6-21-17(14)22-13-15(16)19(25)30-18;/h3,6,13,20,25H,4-5,7-12H2,1-2H3,(H,21,22);1H. The van der Waals surface area contributed by atoms with Crippen molar-refractivity contribution in [3.63, 3.8) is 0 Å². The average Bonchev–Trinajstić information content (AvgIpc) is 3.34. The number of piperidine rings is 1. The van der Waals surface area contributed by atoms with Crippen LogP contribution in [0.1, 0.15) is 18.4 Å². The van der Waals surface area contributed by atoms with Crippen molar-refractivity contribution in [1.82, 2.24) is 23.9 Å². The molecule has 33 heavy (non-hydrogen) atoms. The minimum Gasteiger partial charge on any atom is -0.423 e. The number of nitrogens with zero attached hydrogens (tertiary/aromatic N) is 3. The predicted molar refractivity (Wildman–Crippen MR) is 129 cm³/mol. The SMILES string of the molecule is CNS(=O)(=O)CCN(C)S(=O)(=O)CCN1CCC2(CC1)OB(O)c1cnc3[nH]ccc3c12.Cl. The number of sulfonamides is 2. The number of fused-ring (bicyclic) bond motifs is 4. The van der Waals surface area contributed by atoms with Crippen LogP contribution in [0.5, 0.6) is 0 Å². The molecule has 11 nitrogen and oxygen atoms in total. The highest BCUT2D eigenvalue weighted by atomic mass is 35.5. The van der Waals surface area contributed by atoms with Gasteiger partial charge in [0.2, 0.25) is 20.0 Å². The van der Waals surface area contributed by atoms with Gasteiger partial charge in [0.15, 0.2) is 0 Å². The molecular formula is C18H29BClN5O6S2. The fraction of sp³-hybridized carbons (Fsp3) is 0.611. The van der Waals surface area contributed by atoms with Gasteiger partial charge < -0.3 is 19.6 Å². The van der Waals surface area contributed by atoms with Crippen LogP contribution < -0.4 is 10.2 Å². The van der Waals surface area contributed by atoms with E-state index in [0.717, 1.165) is 20.9 Å². The molecule has 15 heteroatoms. The Hall–Kier alpha value is -1.26. The van der Waals surface area contributed by atoms with E-state index in [4.69, 9.17) is 4.65 Å². The van der Waals surface area contributed by atoms with E-state index in [2.05, 4.69) is 19.6 Å². The van der Waals surface area contributed by atoms with Crippen molar-refractivity contribution < 1.29 is 26.5 Å². The third kappa shape index (κ3) is 5.22. The largest absolute Gasteiger partial charge is 0.493 e. The Morgan fingerprint density at radius 2 is 2.00 bits per heavy atom. The molecule has 2 aliphatic rings. The van der Waals surface area contributed by atoms with Gasteiger partial charge in [-0.05, 0) is 31.5 Å². The summed E-state index contributed by atoms with van der Waals surface area (Å²) < 4.78 is 57.6. The number of halogens is 1. The van der Waals surface area contributed by atoms with Crippen molar-refractivity contribution in [2.45, 2.75) is 18.4 Å². The van der Waals surface area contributed by atoms with Crippen LogP contribution in [0.4, 0.5) is 0 Å². The Labute approximate surface area is 200 Å². The molecule has 184 valence electrons. The molecule has 2 aromatic rings. The molecule has 4 rings (SSSR count). The number of pyridine rings is 1. The van der Waals surface area contributed by atoms with Gasteiger partial charge >= 0.3 is 7.12 Å². The second kappa shape index (κ2) is 9.78. The molecule has 0 bridgehead atoms. The number of likely N-dealkylation sites (tertiary alicyclic amines) is 1. The van der Waals surface area contributed by atoms with E-state index in [-0.39, 0.29) is 30.5 Å². The molecule has 1 saturated heterocycles. The normalized spacial score (nSPS) is 18.7. The van der Waals surface area contributed by atoms with Gasteiger partial charge in [0.05, 0.1) is 17.1 Å². The summed E-state index contributed by atoms with van der Waals surface area (Å²) in [6.07, 6.45) is 4.71. The molecule has 3 N–H and O–H groups in total. The highest BCUT2D eigenvalue weighted by Crippen LogP contribution is 2.42. The van der Waals surface area contributed by atoms with E-state index >= 15 is 0 Å². The summed E-state index contributed by atoms with van der Waals surface area (Å²) in [5, 5.41) is 11.4. The first-order chi connectivity index (χ1) is 15.1. The monoisotopic (exact) mass is 521 g/mol. The molecule has 4 heterocycles. The van der Waals surface area contributed by atoms with Crippen LogP contribution in [0.25, 0.3) is 11.0 Å². The fourth-order valence-corrected chi connectivity index (χ4v) is 6.45. The number of hydrogen-bond donors (Lipinski definition) is 3. The van der Waals surface area contributed by atoms with Crippen LogP contribution in [0.15, 0.2) is 18.5 Å². The Morgan fingerprint density at radius 1 is 1.30 bits per heavy atom. The Bertz CT molecular complexity index is 1200. The summed E-state index contributed by atoms with van der Waals surface area (Å²) in [7, 11) is -5.38. The topological polar surface area (TPSA) is 145 Å². The zero-order valence-electron chi connectivity index (χ0n) is 18.5. The maximum atomic E-state index is 12.6. The predicted octanol–water partition coefficient (Wildman–Crippen LogP) is -1.20. The van der Waals surface area contributed by atoms with Gasteiger partial charge in [0.25, 0.3) is 0 Å². The molecule has 0 aromatic carbocycles. The lowest BCUT2D eigenvalue weighted by molar-refractivity contribution is -0.00310. The van der Waals surface area contributed by atoms with Gasteiger partial charge in [-0.2, -0.15) is 0 Å². The fourth-order valence-electron chi connectivity index (χ4n) is 4.45. The summed E-state index contributed by atoms with van der Waals surface area (Å²) >= 11 is 0. The summed E-state index contributed by atoms with van der Waals surface area (Å²) in [5.74, 6) is -0.380. The number of aromatic nitrogens is 2. The van der Waals surface area contributed by atoms with Gasteiger partial charge in [0.1, 0.15) is 5.65 Å². The maximum absolute atomic E-state index is 12.6. The van der Waals surface area contributed by atoms with Crippen LogP contribution in [-0.2, 0) is 30.3 Å². The molecule has 0 saturated carbocycles. The minimum absolute atomic E-state index is 0. The molecule has 0 amide bonds. The molecule has 0 unspecified atom stereocenters. The van der Waals surface area contributed by atoms with Crippen molar-refractivity contribution in [1.29, 1.82) is 0 Å². The molecule has 2 aliphatic heterocycles. The average molecular weight is 522 g/mol. The molecule has 0 aliphatic carbocycles. The van der Waals surface area contributed by atoms with Crippen LogP contribution in [-0.4, -0.2) is 99.9 Å². The van der Waals surface area contributed by atoms with Crippen LogP contribution in [0.3, 0.4) is 0 Å². The van der Waals surface area contributed by atoms with Crippen molar-refractivity contribution in [3.8, 4) is 0 Å². The van der Waals surface area contributed by atoms with Crippen LogP contribution >= 0.6 is 12.4 Å². The summed E-state index contributed by atoms with van der Waals surface area (Å²) in [6.45, 7) is 1.48. The third-order valence-electron chi connectivity index (χ3n) is 6.46. The minimum atomic E-state index is -3.58. The van der Waals surface area contributed by atoms with Gasteiger partial charge in [-0.1, -0.05) is 0 Å². The first-order valence-electron chi connectivity index (χ1n) is 10.5. The lowest BCUT2D eigenvalue weighted by Gasteiger charge is -2.40. The van der Waals surface area contributed by atoms with Crippen molar-refractivity contribution in [2.24, 2.45) is 0 Å². The van der Waals surface area contributed by atoms with Crippen molar-refractivity contribution >= 4 is 56.1 Å². The Morgan fingerprint density at radius 3 is 2.67 bits per heavy atom. The van der Waals surface area contributed by atoms with E-state index in [1.807, 2.05) is 12.3 Å². The Kier molecular flexibility index (Phi) is 7.81. The van der Waals surface area contributed by atoms with E-state index < -0.39 is 32.8 Å². The van der Waals surface area contributed by atoms with E-state index in [1.165, 1.54) is 14.1 Å². The summed E-state index contributed by atoms with van der Waals surface area (Å²) in [4.78, 5) is 9.50. The van der Waals surface area contributed by atoms with E-state index in [9.17, 15) is 21.9 Å². The highest BCUT2D eigenvalue weighted by Gasteiger charge is 2.49. The quantitative estimate of drug-likeness (QED) is 0.368. The second-order valence-electron chi connectivity index (χ2n) is 8.30. The third-order valence-corrected chi connectivity index (χ3v) is 9.64. The van der Waals surface area contributed by atoms with Gasteiger partial charge in [-0.15, -0.1) is 12.4 Å².